The van der Waals surface area contributed by atoms with Crippen LogP contribution in [0.5, 0.6) is 11.5 Å². The molecular weight excluding hydrogens is 222 g/mol. The number of benzene rings is 1. The second-order valence-corrected chi connectivity index (χ2v) is 3.10. The molecule has 0 fully saturated rings. The van der Waals surface area contributed by atoms with Gasteiger partial charge in [-0.15, -0.1) is 0 Å². The highest BCUT2D eigenvalue weighted by molar-refractivity contribution is 5.95. The van der Waals surface area contributed by atoms with Crippen molar-refractivity contribution >= 4 is 12.0 Å². The molecule has 0 N–H and O–H groups in total. The summed E-state index contributed by atoms with van der Waals surface area (Å²) in [5, 5.41) is 19.2. The maximum Gasteiger partial charge on any atom is 0.123 e. The molecule has 5 nitrogen and oxygen atoms in total. The van der Waals surface area contributed by atoms with Crippen molar-refractivity contribution in [3.63, 3.8) is 0 Å². The summed E-state index contributed by atoms with van der Waals surface area (Å²) in [7, 11) is 2.96. The third-order valence-corrected chi connectivity index (χ3v) is 2.03. The van der Waals surface area contributed by atoms with Gasteiger partial charge in [-0.2, -0.15) is 5.26 Å². The minimum atomic E-state index is -1.52. The molecule has 5 heteroatoms. The van der Waals surface area contributed by atoms with E-state index >= 15 is 0 Å². The van der Waals surface area contributed by atoms with Crippen molar-refractivity contribution in [2.75, 3.05) is 14.2 Å². The first-order valence-corrected chi connectivity index (χ1v) is 4.67. The fraction of sp³-hybridized carbons (Fsp3) is 0.167. The molecule has 0 aliphatic heterocycles. The van der Waals surface area contributed by atoms with Crippen LogP contribution in [-0.4, -0.2) is 20.2 Å². The summed E-state index contributed by atoms with van der Waals surface area (Å²) in [5.74, 6) is -0.508. The zero-order valence-electron chi connectivity index (χ0n) is 9.39. The van der Waals surface area contributed by atoms with Crippen molar-refractivity contribution in [1.82, 2.24) is 0 Å². The summed E-state index contributed by atoms with van der Waals surface area (Å²) >= 11 is 0. The van der Waals surface area contributed by atoms with E-state index in [9.17, 15) is 9.90 Å². The Morgan fingerprint density at radius 1 is 1.29 bits per heavy atom. The molecule has 0 spiro atoms. The Kier molecular flexibility index (Phi) is 4.12. The summed E-state index contributed by atoms with van der Waals surface area (Å²) in [6.07, 6.45) is 1.19. The highest BCUT2D eigenvalue weighted by Gasteiger charge is 2.02. The minimum Gasteiger partial charge on any atom is -0.544 e. The molecule has 1 aromatic rings. The van der Waals surface area contributed by atoms with Crippen LogP contribution in [0.25, 0.3) is 6.08 Å². The maximum atomic E-state index is 10.6. The van der Waals surface area contributed by atoms with E-state index < -0.39 is 11.5 Å². The summed E-state index contributed by atoms with van der Waals surface area (Å²) in [4.78, 5) is 10.6. The standard InChI is InChI=1S/C12H11NO4/c1-16-10-4-8(5-11(6-10)17-2)3-9(7-13)12(14)15/h3-6H,1-2H3,(H,14,15)/p-1/b9-3-. The van der Waals surface area contributed by atoms with Gasteiger partial charge in [-0.3, -0.25) is 0 Å². The van der Waals surface area contributed by atoms with Crippen LogP contribution in [0.15, 0.2) is 23.8 Å². The number of ether oxygens (including phenoxy) is 2. The SMILES string of the molecule is COc1cc(/C=C(/C#N)C(=O)[O-])cc(OC)c1. The zero-order valence-corrected chi connectivity index (χ0v) is 9.39. The Morgan fingerprint density at radius 2 is 1.82 bits per heavy atom. The van der Waals surface area contributed by atoms with Crippen LogP contribution in [-0.2, 0) is 4.79 Å². The average Bonchev–Trinajstić information content (AvgIpc) is 2.34. The van der Waals surface area contributed by atoms with Crippen LogP contribution in [0.2, 0.25) is 0 Å². The number of carbonyl (C=O) groups excluding carboxylic acids is 1. The van der Waals surface area contributed by atoms with Crippen molar-refractivity contribution in [3.8, 4) is 17.6 Å². The van der Waals surface area contributed by atoms with Crippen molar-refractivity contribution in [2.24, 2.45) is 0 Å². The first-order valence-electron chi connectivity index (χ1n) is 4.67. The van der Waals surface area contributed by atoms with Crippen LogP contribution in [0, 0.1) is 11.3 Å². The Labute approximate surface area is 98.5 Å². The molecule has 0 amide bonds. The predicted octanol–water partition coefficient (Wildman–Crippen LogP) is 0.361. The van der Waals surface area contributed by atoms with Gasteiger partial charge in [-0.1, -0.05) is 0 Å². The summed E-state index contributed by atoms with van der Waals surface area (Å²) in [6, 6.07) is 6.36. The maximum absolute atomic E-state index is 10.6. The smallest absolute Gasteiger partial charge is 0.123 e. The molecule has 0 aromatic heterocycles. The highest BCUT2D eigenvalue weighted by atomic mass is 16.5. The number of carboxylic acids is 1. The molecule has 0 bridgehead atoms. The number of methoxy groups -OCH3 is 2. The van der Waals surface area contributed by atoms with E-state index in [0.29, 0.717) is 17.1 Å². The first kappa shape index (κ1) is 12.6. The number of rotatable bonds is 4. The Balaban J connectivity index is 3.22. The van der Waals surface area contributed by atoms with Gasteiger partial charge >= 0.3 is 0 Å². The molecule has 1 aromatic carbocycles. The Hall–Kier alpha value is -2.48. The second-order valence-electron chi connectivity index (χ2n) is 3.10. The molecule has 17 heavy (non-hydrogen) atoms. The minimum absolute atomic E-state index is 0.458. The number of nitriles is 1. The van der Waals surface area contributed by atoms with Gasteiger partial charge in [-0.25, -0.2) is 0 Å². The molecule has 1 rings (SSSR count). The quantitative estimate of drug-likeness (QED) is 0.553. The molecule has 0 saturated carbocycles. The van der Waals surface area contributed by atoms with Gasteiger partial charge in [0.05, 0.1) is 25.8 Å². The van der Waals surface area contributed by atoms with Gasteiger partial charge in [0.15, 0.2) is 0 Å². The third-order valence-electron chi connectivity index (χ3n) is 2.03. The molecule has 88 valence electrons. The summed E-state index contributed by atoms with van der Waals surface area (Å²) in [5.41, 5.74) is 0.0299. The van der Waals surface area contributed by atoms with E-state index in [0.717, 1.165) is 0 Å². The van der Waals surface area contributed by atoms with Gasteiger partial charge in [-0.05, 0) is 23.8 Å². The van der Waals surface area contributed by atoms with E-state index in [1.165, 1.54) is 20.3 Å². The lowest BCUT2D eigenvalue weighted by atomic mass is 10.1. The highest BCUT2D eigenvalue weighted by Crippen LogP contribution is 2.23. The van der Waals surface area contributed by atoms with Gasteiger partial charge in [0.1, 0.15) is 17.6 Å². The summed E-state index contributed by atoms with van der Waals surface area (Å²) < 4.78 is 10.0. The van der Waals surface area contributed by atoms with Crippen molar-refractivity contribution in [2.45, 2.75) is 0 Å². The van der Waals surface area contributed by atoms with Gasteiger partial charge in [0.2, 0.25) is 0 Å². The summed E-state index contributed by atoms with van der Waals surface area (Å²) in [6.45, 7) is 0. The Morgan fingerprint density at radius 3 is 2.18 bits per heavy atom. The number of hydrogen-bond acceptors (Lipinski definition) is 5. The molecule has 0 heterocycles. The first-order chi connectivity index (χ1) is 8.10. The third kappa shape index (κ3) is 3.24. The van der Waals surface area contributed by atoms with Crippen LogP contribution in [0.1, 0.15) is 5.56 Å². The van der Waals surface area contributed by atoms with Gasteiger partial charge < -0.3 is 19.4 Å². The van der Waals surface area contributed by atoms with Crippen molar-refractivity contribution < 1.29 is 19.4 Å². The number of carbonyl (C=O) groups is 1. The molecule has 0 unspecified atom stereocenters. The molecule has 0 atom stereocenters. The van der Waals surface area contributed by atoms with E-state index in [-0.39, 0.29) is 0 Å². The largest absolute Gasteiger partial charge is 0.544 e. The molecular formula is C12H10NO4-. The van der Waals surface area contributed by atoms with Crippen LogP contribution >= 0.6 is 0 Å². The van der Waals surface area contributed by atoms with E-state index in [1.54, 1.807) is 24.3 Å². The Bertz CT molecular complexity index is 477. The number of nitrogens with zero attached hydrogens (tertiary/aromatic N) is 1. The fourth-order valence-corrected chi connectivity index (χ4v) is 1.22. The number of hydrogen-bond donors (Lipinski definition) is 0. The average molecular weight is 232 g/mol. The molecule has 0 aliphatic carbocycles. The number of aliphatic carboxylic acids is 1. The van der Waals surface area contributed by atoms with Crippen LogP contribution < -0.4 is 14.6 Å². The topological polar surface area (TPSA) is 82.4 Å². The predicted molar refractivity (Wildman–Crippen MR) is 58.1 cm³/mol. The van der Waals surface area contributed by atoms with Gasteiger partial charge in [0, 0.05) is 6.07 Å². The lowest BCUT2D eigenvalue weighted by Gasteiger charge is -2.06. The lowest BCUT2D eigenvalue weighted by molar-refractivity contribution is -0.298. The van der Waals surface area contributed by atoms with E-state index in [4.69, 9.17) is 14.7 Å². The zero-order chi connectivity index (χ0) is 12.8. The van der Waals surface area contributed by atoms with E-state index in [1.807, 2.05) is 0 Å². The van der Waals surface area contributed by atoms with Crippen LogP contribution in [0.4, 0.5) is 0 Å². The van der Waals surface area contributed by atoms with Crippen molar-refractivity contribution in [1.29, 1.82) is 5.26 Å². The number of carboxylic acid groups (broad SMARTS) is 1. The van der Waals surface area contributed by atoms with Crippen molar-refractivity contribution in [3.05, 3.63) is 29.3 Å². The van der Waals surface area contributed by atoms with E-state index in [2.05, 4.69) is 0 Å². The van der Waals surface area contributed by atoms with Gasteiger partial charge in [0.25, 0.3) is 0 Å². The molecule has 0 aliphatic rings. The monoisotopic (exact) mass is 232 g/mol. The fourth-order valence-electron chi connectivity index (χ4n) is 1.22. The normalized spacial score (nSPS) is 10.5. The second kappa shape index (κ2) is 5.56. The molecule has 0 radical (unpaired) electrons. The molecule has 0 saturated heterocycles. The lowest BCUT2D eigenvalue weighted by Crippen LogP contribution is -2.23. The van der Waals surface area contributed by atoms with Crippen LogP contribution in [0.3, 0.4) is 0 Å².